The van der Waals surface area contributed by atoms with E-state index in [0.29, 0.717) is 18.7 Å². The Morgan fingerprint density at radius 1 is 1.14 bits per heavy atom. The maximum Gasteiger partial charge on any atom is 0.410 e. The molecule has 3 rings (SSSR count). The number of nitrogens with zero attached hydrogens (tertiary/aromatic N) is 1. The van der Waals surface area contributed by atoms with Crippen LogP contribution in [0.2, 0.25) is 0 Å². The molecule has 1 heterocycles. The van der Waals surface area contributed by atoms with Gasteiger partial charge in [-0.05, 0) is 35.2 Å². The van der Waals surface area contributed by atoms with Crippen LogP contribution >= 0.6 is 0 Å². The Morgan fingerprint density at radius 2 is 1.95 bits per heavy atom. The van der Waals surface area contributed by atoms with Crippen LogP contribution in [0, 0.1) is 5.82 Å². The molecule has 1 amide bonds. The molecule has 0 fully saturated rings. The topological polar surface area (TPSA) is 29.5 Å². The number of carbonyl (C=O) groups is 1. The van der Waals surface area contributed by atoms with Crippen LogP contribution in [0.3, 0.4) is 0 Å². The largest absolute Gasteiger partial charge is 0.445 e. The molecule has 0 radical (unpaired) electrons. The normalized spacial score (nSPS) is 13.7. The minimum Gasteiger partial charge on any atom is -0.445 e. The van der Waals surface area contributed by atoms with Gasteiger partial charge >= 0.3 is 6.09 Å². The molecule has 0 saturated heterocycles. The fourth-order valence-electron chi connectivity index (χ4n) is 2.51. The molecule has 0 unspecified atom stereocenters. The predicted molar refractivity (Wildman–Crippen MR) is 77.1 cm³/mol. The lowest BCUT2D eigenvalue weighted by Gasteiger charge is -2.28. The van der Waals surface area contributed by atoms with E-state index in [1.54, 1.807) is 17.0 Å². The number of rotatable bonds is 2. The first-order valence-corrected chi connectivity index (χ1v) is 6.95. The Balaban J connectivity index is 1.59. The molecule has 0 atom stereocenters. The van der Waals surface area contributed by atoms with Crippen molar-refractivity contribution in [2.75, 3.05) is 6.54 Å². The third-order valence-corrected chi connectivity index (χ3v) is 3.64. The second-order valence-corrected chi connectivity index (χ2v) is 5.12. The fourth-order valence-corrected chi connectivity index (χ4v) is 2.51. The highest BCUT2D eigenvalue weighted by molar-refractivity contribution is 5.68. The molecule has 0 N–H and O–H groups in total. The van der Waals surface area contributed by atoms with E-state index in [0.717, 1.165) is 12.0 Å². The number of fused-ring (bicyclic) bond motifs is 1. The van der Waals surface area contributed by atoms with Gasteiger partial charge in [0.1, 0.15) is 12.4 Å². The Hall–Kier alpha value is -2.36. The summed E-state index contributed by atoms with van der Waals surface area (Å²) in [4.78, 5) is 13.8. The number of ether oxygens (including phenoxy) is 1. The van der Waals surface area contributed by atoms with Gasteiger partial charge in [0.15, 0.2) is 0 Å². The zero-order chi connectivity index (χ0) is 14.7. The molecular formula is C17H16FNO2. The minimum absolute atomic E-state index is 0.0920. The van der Waals surface area contributed by atoms with Gasteiger partial charge in [-0.1, -0.05) is 36.4 Å². The predicted octanol–water partition coefficient (Wildman–Crippen LogP) is 3.52. The summed E-state index contributed by atoms with van der Waals surface area (Å²) in [5.74, 6) is -0.324. The summed E-state index contributed by atoms with van der Waals surface area (Å²) >= 11 is 0. The van der Waals surface area contributed by atoms with Crippen molar-refractivity contribution >= 4 is 6.09 Å². The van der Waals surface area contributed by atoms with Crippen LogP contribution in [-0.4, -0.2) is 17.5 Å². The highest BCUT2D eigenvalue weighted by atomic mass is 19.1. The SMILES string of the molecule is O=C(OCc1cccc(F)c1)N1CCc2ccccc2C1. The first kappa shape index (κ1) is 13.6. The third kappa shape index (κ3) is 3.21. The summed E-state index contributed by atoms with van der Waals surface area (Å²) in [6.45, 7) is 1.31. The fraction of sp³-hybridized carbons (Fsp3) is 0.235. The first-order chi connectivity index (χ1) is 10.2. The molecule has 0 saturated carbocycles. The number of benzene rings is 2. The van der Waals surface area contributed by atoms with Crippen LogP contribution in [0.1, 0.15) is 16.7 Å². The van der Waals surface area contributed by atoms with Crippen molar-refractivity contribution in [1.82, 2.24) is 4.90 Å². The smallest absolute Gasteiger partial charge is 0.410 e. The Kier molecular flexibility index (Phi) is 3.86. The van der Waals surface area contributed by atoms with Crippen molar-refractivity contribution in [2.24, 2.45) is 0 Å². The second kappa shape index (κ2) is 5.95. The average molecular weight is 285 g/mol. The van der Waals surface area contributed by atoms with E-state index in [2.05, 4.69) is 6.07 Å². The van der Waals surface area contributed by atoms with Crippen molar-refractivity contribution in [1.29, 1.82) is 0 Å². The molecule has 0 spiro atoms. The number of carbonyl (C=O) groups excluding carboxylic acids is 1. The molecule has 108 valence electrons. The minimum atomic E-state index is -0.353. The Bertz CT molecular complexity index is 657. The van der Waals surface area contributed by atoms with Gasteiger partial charge in [0.25, 0.3) is 0 Å². The average Bonchev–Trinajstić information content (AvgIpc) is 2.52. The van der Waals surface area contributed by atoms with Gasteiger partial charge in [-0.3, -0.25) is 0 Å². The van der Waals surface area contributed by atoms with Crippen LogP contribution in [0.5, 0.6) is 0 Å². The van der Waals surface area contributed by atoms with Gasteiger partial charge in [0.05, 0.1) is 0 Å². The van der Waals surface area contributed by atoms with E-state index in [4.69, 9.17) is 4.74 Å². The summed E-state index contributed by atoms with van der Waals surface area (Å²) < 4.78 is 18.3. The molecular weight excluding hydrogens is 269 g/mol. The van der Waals surface area contributed by atoms with Gasteiger partial charge in [0.2, 0.25) is 0 Å². The third-order valence-electron chi connectivity index (χ3n) is 3.64. The molecule has 0 aliphatic carbocycles. The van der Waals surface area contributed by atoms with Crippen LogP contribution < -0.4 is 0 Å². The Morgan fingerprint density at radius 3 is 2.76 bits per heavy atom. The van der Waals surface area contributed by atoms with E-state index < -0.39 is 0 Å². The zero-order valence-electron chi connectivity index (χ0n) is 11.6. The summed E-state index contributed by atoms with van der Waals surface area (Å²) in [5.41, 5.74) is 3.10. The second-order valence-electron chi connectivity index (χ2n) is 5.12. The first-order valence-electron chi connectivity index (χ1n) is 6.95. The summed E-state index contributed by atoms with van der Waals surface area (Å²) in [7, 11) is 0. The number of hydrogen-bond donors (Lipinski definition) is 0. The quantitative estimate of drug-likeness (QED) is 0.845. The zero-order valence-corrected chi connectivity index (χ0v) is 11.6. The molecule has 3 nitrogen and oxygen atoms in total. The molecule has 4 heteroatoms. The standard InChI is InChI=1S/C17H16FNO2/c18-16-7-3-4-13(10-16)12-21-17(20)19-9-8-14-5-1-2-6-15(14)11-19/h1-7,10H,8-9,11-12H2. The molecule has 2 aromatic rings. The van der Waals surface area contributed by atoms with Gasteiger partial charge in [0, 0.05) is 13.1 Å². The van der Waals surface area contributed by atoms with E-state index in [9.17, 15) is 9.18 Å². The number of hydrogen-bond acceptors (Lipinski definition) is 2. The van der Waals surface area contributed by atoms with E-state index >= 15 is 0 Å². The van der Waals surface area contributed by atoms with Crippen molar-refractivity contribution < 1.29 is 13.9 Å². The summed E-state index contributed by atoms with van der Waals surface area (Å²) in [5, 5.41) is 0. The monoisotopic (exact) mass is 285 g/mol. The number of amides is 1. The molecule has 0 bridgehead atoms. The number of halogens is 1. The summed E-state index contributed by atoms with van der Waals surface area (Å²) in [6.07, 6.45) is 0.486. The maximum absolute atomic E-state index is 13.1. The molecule has 1 aliphatic heterocycles. The van der Waals surface area contributed by atoms with Gasteiger partial charge in [-0.15, -0.1) is 0 Å². The highest BCUT2D eigenvalue weighted by Crippen LogP contribution is 2.19. The highest BCUT2D eigenvalue weighted by Gasteiger charge is 2.21. The van der Waals surface area contributed by atoms with Gasteiger partial charge in [-0.25, -0.2) is 9.18 Å². The molecule has 21 heavy (non-hydrogen) atoms. The molecule has 0 aromatic heterocycles. The van der Waals surface area contributed by atoms with Crippen LogP contribution in [0.4, 0.5) is 9.18 Å². The van der Waals surface area contributed by atoms with E-state index in [1.807, 2.05) is 18.2 Å². The van der Waals surface area contributed by atoms with Crippen molar-refractivity contribution in [3.63, 3.8) is 0 Å². The van der Waals surface area contributed by atoms with Crippen molar-refractivity contribution in [3.8, 4) is 0 Å². The molecule has 1 aliphatic rings. The van der Waals surface area contributed by atoms with Crippen LogP contribution in [0.25, 0.3) is 0 Å². The van der Waals surface area contributed by atoms with E-state index in [1.165, 1.54) is 17.7 Å². The van der Waals surface area contributed by atoms with Crippen LogP contribution in [-0.2, 0) is 24.3 Å². The van der Waals surface area contributed by atoms with Crippen molar-refractivity contribution in [2.45, 2.75) is 19.6 Å². The molecule has 2 aromatic carbocycles. The Labute approximate surface area is 123 Å². The van der Waals surface area contributed by atoms with Gasteiger partial charge in [-0.2, -0.15) is 0 Å². The lowest BCUT2D eigenvalue weighted by atomic mass is 10.0. The van der Waals surface area contributed by atoms with Gasteiger partial charge < -0.3 is 9.64 Å². The lowest BCUT2D eigenvalue weighted by molar-refractivity contribution is 0.0918. The lowest BCUT2D eigenvalue weighted by Crippen LogP contribution is -2.36. The van der Waals surface area contributed by atoms with Crippen molar-refractivity contribution in [3.05, 3.63) is 71.0 Å². The maximum atomic E-state index is 13.1. The van der Waals surface area contributed by atoms with E-state index in [-0.39, 0.29) is 18.5 Å². The van der Waals surface area contributed by atoms with Crippen LogP contribution in [0.15, 0.2) is 48.5 Å². The summed E-state index contributed by atoms with van der Waals surface area (Å²) in [6, 6.07) is 14.2.